The molecule has 0 amide bonds. The average molecular weight is 254 g/mol. The van der Waals surface area contributed by atoms with Gasteiger partial charge in [0.1, 0.15) is 11.8 Å². The fourth-order valence-electron chi connectivity index (χ4n) is 2.78. The number of hydrogen-bond acceptors (Lipinski definition) is 4. The van der Waals surface area contributed by atoms with E-state index < -0.39 is 5.54 Å². The van der Waals surface area contributed by atoms with Gasteiger partial charge >= 0.3 is 5.97 Å². The topological polar surface area (TPSA) is 62.4 Å². The van der Waals surface area contributed by atoms with Crippen LogP contribution in [0.4, 0.5) is 0 Å². The Labute approximate surface area is 111 Å². The van der Waals surface area contributed by atoms with Crippen molar-refractivity contribution in [3.8, 4) is 6.07 Å². The van der Waals surface area contributed by atoms with Gasteiger partial charge in [0.2, 0.25) is 0 Å². The molecule has 0 saturated heterocycles. The van der Waals surface area contributed by atoms with Crippen molar-refractivity contribution in [1.82, 2.24) is 0 Å². The van der Waals surface area contributed by atoms with Gasteiger partial charge in [-0.2, -0.15) is 5.26 Å². The molecular weight excluding hydrogens is 240 g/mol. The van der Waals surface area contributed by atoms with E-state index in [0.29, 0.717) is 18.6 Å². The highest BCUT2D eigenvalue weighted by Crippen LogP contribution is 2.38. The fraction of sp³-hybridized carbons (Fsp3) is 0.400. The third-order valence-corrected chi connectivity index (χ3v) is 3.78. The van der Waals surface area contributed by atoms with Crippen LogP contribution in [-0.4, -0.2) is 23.3 Å². The highest BCUT2D eigenvalue weighted by Gasteiger charge is 2.49. The number of fused-ring (bicyclic) bond motifs is 1. The van der Waals surface area contributed by atoms with Crippen molar-refractivity contribution in [3.63, 3.8) is 0 Å². The maximum atomic E-state index is 11.9. The standard InChI is InChI=1S/C15H14N2O2/c16-10-15-8-4-7-13(15)19-14(18)12(17-15)9-11-5-2-1-3-6-11/h1-3,5-6,13H,4,7-9H2/t13-,15-/m1/s1. The first kappa shape index (κ1) is 11.9. The van der Waals surface area contributed by atoms with Gasteiger partial charge in [-0.05, 0) is 24.8 Å². The number of carbonyl (C=O) groups is 1. The van der Waals surface area contributed by atoms with Crippen LogP contribution in [0, 0.1) is 11.3 Å². The van der Waals surface area contributed by atoms with Crippen LogP contribution in [0.5, 0.6) is 0 Å². The molecule has 1 saturated carbocycles. The number of ether oxygens (including phenoxy) is 1. The summed E-state index contributed by atoms with van der Waals surface area (Å²) < 4.78 is 5.40. The monoisotopic (exact) mass is 254 g/mol. The summed E-state index contributed by atoms with van der Waals surface area (Å²) in [5, 5.41) is 9.37. The maximum Gasteiger partial charge on any atom is 0.353 e. The molecule has 0 bridgehead atoms. The summed E-state index contributed by atoms with van der Waals surface area (Å²) in [6, 6.07) is 11.9. The molecule has 1 aromatic rings. The van der Waals surface area contributed by atoms with Crippen LogP contribution < -0.4 is 0 Å². The number of rotatable bonds is 2. The second-order valence-corrected chi connectivity index (χ2v) is 5.04. The molecule has 96 valence electrons. The largest absolute Gasteiger partial charge is 0.454 e. The number of benzene rings is 1. The molecule has 3 rings (SSSR count). The van der Waals surface area contributed by atoms with Gasteiger partial charge in [-0.15, -0.1) is 0 Å². The first-order valence-corrected chi connectivity index (χ1v) is 6.48. The Balaban J connectivity index is 1.92. The molecule has 4 nitrogen and oxygen atoms in total. The summed E-state index contributed by atoms with van der Waals surface area (Å²) in [5.41, 5.74) is 0.534. The smallest absolute Gasteiger partial charge is 0.353 e. The third kappa shape index (κ3) is 2.01. The van der Waals surface area contributed by atoms with E-state index in [1.54, 1.807) is 0 Å². The van der Waals surface area contributed by atoms with Crippen molar-refractivity contribution in [1.29, 1.82) is 5.26 Å². The van der Waals surface area contributed by atoms with E-state index in [4.69, 9.17) is 4.74 Å². The Bertz CT molecular complexity index is 574. The van der Waals surface area contributed by atoms with E-state index in [9.17, 15) is 10.1 Å². The molecule has 1 aromatic carbocycles. The Hall–Kier alpha value is -2.15. The molecule has 2 atom stereocenters. The second-order valence-electron chi connectivity index (χ2n) is 5.04. The lowest BCUT2D eigenvalue weighted by molar-refractivity contribution is -0.143. The summed E-state index contributed by atoms with van der Waals surface area (Å²) in [4.78, 5) is 16.4. The SMILES string of the molecule is N#C[C@]12CCC[C@H]1OC(=O)C(Cc1ccccc1)=N2. The van der Waals surface area contributed by atoms with Crippen LogP contribution in [0.2, 0.25) is 0 Å². The molecule has 2 aliphatic rings. The van der Waals surface area contributed by atoms with Crippen molar-refractivity contribution in [2.75, 3.05) is 0 Å². The van der Waals surface area contributed by atoms with Crippen molar-refractivity contribution in [3.05, 3.63) is 35.9 Å². The molecule has 1 aliphatic carbocycles. The Morgan fingerprint density at radius 1 is 1.42 bits per heavy atom. The molecule has 19 heavy (non-hydrogen) atoms. The molecule has 0 N–H and O–H groups in total. The predicted octanol–water partition coefficient (Wildman–Crippen LogP) is 2.04. The van der Waals surface area contributed by atoms with Gasteiger partial charge in [-0.1, -0.05) is 30.3 Å². The lowest BCUT2D eigenvalue weighted by Gasteiger charge is -2.30. The molecule has 0 radical (unpaired) electrons. The van der Waals surface area contributed by atoms with Crippen molar-refractivity contribution < 1.29 is 9.53 Å². The van der Waals surface area contributed by atoms with Crippen LogP contribution in [0.25, 0.3) is 0 Å². The third-order valence-electron chi connectivity index (χ3n) is 3.78. The van der Waals surface area contributed by atoms with Crippen LogP contribution in [0.1, 0.15) is 24.8 Å². The molecule has 1 fully saturated rings. The molecule has 0 unspecified atom stereocenters. The molecule has 0 aromatic heterocycles. The number of hydrogen-bond donors (Lipinski definition) is 0. The fourth-order valence-corrected chi connectivity index (χ4v) is 2.78. The van der Waals surface area contributed by atoms with Crippen molar-refractivity contribution >= 4 is 11.7 Å². The minimum Gasteiger partial charge on any atom is -0.454 e. The normalized spacial score (nSPS) is 29.1. The summed E-state index contributed by atoms with van der Waals surface area (Å²) in [6.07, 6.45) is 2.37. The zero-order chi connectivity index (χ0) is 13.3. The summed E-state index contributed by atoms with van der Waals surface area (Å²) in [6.45, 7) is 0. The minimum atomic E-state index is -0.835. The number of esters is 1. The first-order valence-electron chi connectivity index (χ1n) is 6.48. The van der Waals surface area contributed by atoms with Crippen molar-refractivity contribution in [2.45, 2.75) is 37.3 Å². The molecular formula is C15H14N2O2. The first-order chi connectivity index (χ1) is 9.23. The Morgan fingerprint density at radius 3 is 2.95 bits per heavy atom. The van der Waals surface area contributed by atoms with Gasteiger partial charge in [-0.3, -0.25) is 4.99 Å². The van der Waals surface area contributed by atoms with Crippen LogP contribution in [0.15, 0.2) is 35.3 Å². The van der Waals surface area contributed by atoms with Gasteiger partial charge in [0.15, 0.2) is 5.54 Å². The molecule has 1 aliphatic heterocycles. The van der Waals surface area contributed by atoms with E-state index in [-0.39, 0.29) is 12.1 Å². The number of carbonyl (C=O) groups excluding carboxylic acids is 1. The Kier molecular flexibility index (Phi) is 2.83. The second kappa shape index (κ2) is 4.51. The van der Waals surface area contributed by atoms with E-state index in [2.05, 4.69) is 11.1 Å². The van der Waals surface area contributed by atoms with E-state index in [1.807, 2.05) is 30.3 Å². The average Bonchev–Trinajstić information content (AvgIpc) is 2.84. The molecule has 1 heterocycles. The number of nitrogens with zero attached hydrogens (tertiary/aromatic N) is 2. The van der Waals surface area contributed by atoms with Gasteiger partial charge in [0, 0.05) is 6.42 Å². The summed E-state index contributed by atoms with van der Waals surface area (Å²) in [5.74, 6) is -0.373. The predicted molar refractivity (Wildman–Crippen MR) is 69.7 cm³/mol. The van der Waals surface area contributed by atoms with E-state index >= 15 is 0 Å². The van der Waals surface area contributed by atoms with Gasteiger partial charge < -0.3 is 4.74 Å². The van der Waals surface area contributed by atoms with Crippen LogP contribution in [-0.2, 0) is 16.0 Å². The van der Waals surface area contributed by atoms with Crippen molar-refractivity contribution in [2.24, 2.45) is 4.99 Å². The van der Waals surface area contributed by atoms with E-state index in [0.717, 1.165) is 18.4 Å². The number of aliphatic imine (C=N–C) groups is 1. The highest BCUT2D eigenvalue weighted by molar-refractivity contribution is 6.37. The lowest BCUT2D eigenvalue weighted by Crippen LogP contribution is -2.45. The van der Waals surface area contributed by atoms with Gasteiger partial charge in [-0.25, -0.2) is 4.79 Å². The van der Waals surface area contributed by atoms with E-state index in [1.165, 1.54) is 0 Å². The lowest BCUT2D eigenvalue weighted by atomic mass is 9.95. The minimum absolute atomic E-state index is 0.357. The van der Waals surface area contributed by atoms with Gasteiger partial charge in [0.05, 0.1) is 6.07 Å². The Morgan fingerprint density at radius 2 is 2.21 bits per heavy atom. The number of nitriles is 1. The zero-order valence-corrected chi connectivity index (χ0v) is 10.5. The summed E-state index contributed by atoms with van der Waals surface area (Å²) in [7, 11) is 0. The highest BCUT2D eigenvalue weighted by atomic mass is 16.5. The zero-order valence-electron chi connectivity index (χ0n) is 10.5. The van der Waals surface area contributed by atoms with Crippen LogP contribution in [0.3, 0.4) is 0 Å². The molecule has 4 heteroatoms. The molecule has 0 spiro atoms. The van der Waals surface area contributed by atoms with Crippen LogP contribution >= 0.6 is 0 Å². The maximum absolute atomic E-state index is 11.9. The summed E-state index contributed by atoms with van der Waals surface area (Å²) >= 11 is 0. The quantitative estimate of drug-likeness (QED) is 0.759. The van der Waals surface area contributed by atoms with Gasteiger partial charge in [0.25, 0.3) is 0 Å².